The van der Waals surface area contributed by atoms with Gasteiger partial charge in [-0.05, 0) is 32.0 Å². The molecule has 0 aromatic heterocycles. The first-order chi connectivity index (χ1) is 7.80. The summed E-state index contributed by atoms with van der Waals surface area (Å²) in [5, 5.41) is 0.373. The van der Waals surface area contributed by atoms with E-state index in [1.54, 1.807) is 13.8 Å². The van der Waals surface area contributed by atoms with E-state index in [1.807, 2.05) is 0 Å². The third-order valence-corrected chi connectivity index (χ3v) is 3.02. The molecule has 5 heteroatoms. The highest BCUT2D eigenvalue weighted by atomic mass is 35.5. The van der Waals surface area contributed by atoms with E-state index < -0.39 is 23.2 Å². The molecule has 0 heterocycles. The number of benzene rings is 1. The van der Waals surface area contributed by atoms with Crippen LogP contribution in [0.25, 0.3) is 0 Å². The summed E-state index contributed by atoms with van der Waals surface area (Å²) in [6.45, 7) is 3.20. The fourth-order valence-corrected chi connectivity index (χ4v) is 1.71. The van der Waals surface area contributed by atoms with Crippen LogP contribution in [0.3, 0.4) is 0 Å². The fraction of sp³-hybridized carbons (Fsp3) is 0.417. The molecular formula is C12H15ClFNO2. The van der Waals surface area contributed by atoms with Gasteiger partial charge in [0.05, 0.1) is 12.5 Å². The Hall–Kier alpha value is -1.13. The number of hydrogen-bond acceptors (Lipinski definition) is 3. The maximum absolute atomic E-state index is 13.6. The van der Waals surface area contributed by atoms with Gasteiger partial charge in [0.15, 0.2) is 0 Å². The molecule has 0 saturated heterocycles. The molecular weight excluding hydrogens is 245 g/mol. The number of hydrogen-bond donors (Lipinski definition) is 1. The second-order valence-corrected chi connectivity index (χ2v) is 4.79. The molecule has 1 rings (SSSR count). The van der Waals surface area contributed by atoms with Gasteiger partial charge in [0.1, 0.15) is 5.82 Å². The van der Waals surface area contributed by atoms with Crippen LogP contribution >= 0.6 is 11.6 Å². The van der Waals surface area contributed by atoms with Crippen LogP contribution in [0.1, 0.15) is 25.5 Å². The molecule has 0 aliphatic heterocycles. The molecule has 94 valence electrons. The van der Waals surface area contributed by atoms with E-state index in [2.05, 4.69) is 4.74 Å². The van der Waals surface area contributed by atoms with E-state index in [9.17, 15) is 9.18 Å². The van der Waals surface area contributed by atoms with E-state index >= 15 is 0 Å². The molecule has 0 unspecified atom stereocenters. The fourth-order valence-electron chi connectivity index (χ4n) is 1.53. The maximum atomic E-state index is 13.6. The number of carbonyl (C=O) groups is 1. The zero-order valence-electron chi connectivity index (χ0n) is 9.96. The number of ether oxygens (including phenoxy) is 1. The van der Waals surface area contributed by atoms with Gasteiger partial charge in [-0.1, -0.05) is 11.6 Å². The quantitative estimate of drug-likeness (QED) is 0.849. The third-order valence-electron chi connectivity index (χ3n) is 2.78. The van der Waals surface area contributed by atoms with Crippen LogP contribution in [0.5, 0.6) is 0 Å². The minimum Gasteiger partial charge on any atom is -0.469 e. The van der Waals surface area contributed by atoms with Gasteiger partial charge in [-0.15, -0.1) is 0 Å². The summed E-state index contributed by atoms with van der Waals surface area (Å²) in [6.07, 6.45) is 0. The lowest BCUT2D eigenvalue weighted by atomic mass is 9.81. The lowest BCUT2D eigenvalue weighted by Crippen LogP contribution is -2.37. The summed E-state index contributed by atoms with van der Waals surface area (Å²) in [7, 11) is 1.27. The summed E-state index contributed by atoms with van der Waals surface area (Å²) in [6, 6.07) is 3.25. The molecule has 0 bridgehead atoms. The topological polar surface area (TPSA) is 52.3 Å². The first kappa shape index (κ1) is 13.9. The van der Waals surface area contributed by atoms with Gasteiger partial charge in [0.2, 0.25) is 0 Å². The first-order valence-electron chi connectivity index (χ1n) is 5.09. The lowest BCUT2D eigenvalue weighted by molar-refractivity contribution is -0.152. The minimum absolute atomic E-state index is 0.202. The molecule has 0 radical (unpaired) electrons. The number of carbonyl (C=O) groups excluding carboxylic acids is 1. The Morgan fingerprint density at radius 3 is 2.65 bits per heavy atom. The van der Waals surface area contributed by atoms with Gasteiger partial charge >= 0.3 is 5.97 Å². The first-order valence-corrected chi connectivity index (χ1v) is 5.47. The molecule has 1 atom stereocenters. The van der Waals surface area contributed by atoms with Gasteiger partial charge in [-0.3, -0.25) is 4.79 Å². The lowest BCUT2D eigenvalue weighted by Gasteiger charge is -2.29. The minimum atomic E-state index is -1.03. The molecule has 1 aromatic carbocycles. The van der Waals surface area contributed by atoms with Gasteiger partial charge in [0, 0.05) is 16.6 Å². The van der Waals surface area contributed by atoms with Gasteiger partial charge in [-0.2, -0.15) is 0 Å². The van der Waals surface area contributed by atoms with Gasteiger partial charge in [0.25, 0.3) is 0 Å². The van der Waals surface area contributed by atoms with Crippen molar-refractivity contribution in [2.75, 3.05) is 7.11 Å². The van der Waals surface area contributed by atoms with Crippen LogP contribution < -0.4 is 5.73 Å². The molecule has 1 aromatic rings. The van der Waals surface area contributed by atoms with Crippen LogP contribution in [0, 0.1) is 11.2 Å². The van der Waals surface area contributed by atoms with E-state index in [1.165, 1.54) is 25.3 Å². The number of esters is 1. The monoisotopic (exact) mass is 259 g/mol. The molecule has 0 fully saturated rings. The molecule has 0 aliphatic rings. The van der Waals surface area contributed by atoms with Gasteiger partial charge in [-0.25, -0.2) is 4.39 Å². The second-order valence-electron chi connectivity index (χ2n) is 4.36. The number of rotatable bonds is 3. The Kier molecular flexibility index (Phi) is 4.11. The molecule has 2 N–H and O–H groups in total. The maximum Gasteiger partial charge on any atom is 0.313 e. The van der Waals surface area contributed by atoms with Crippen molar-refractivity contribution < 1.29 is 13.9 Å². The summed E-state index contributed by atoms with van der Waals surface area (Å²) in [5.41, 5.74) is 5.09. The van der Waals surface area contributed by atoms with Crippen molar-refractivity contribution in [1.29, 1.82) is 0 Å². The number of halogens is 2. The average Bonchev–Trinajstić information content (AvgIpc) is 2.30. The highest BCUT2D eigenvalue weighted by Gasteiger charge is 2.37. The Labute approximate surface area is 105 Å². The summed E-state index contributed by atoms with van der Waals surface area (Å²) < 4.78 is 18.3. The number of nitrogens with two attached hydrogens (primary N) is 1. The second kappa shape index (κ2) is 5.02. The van der Waals surface area contributed by atoms with Crippen LogP contribution in [0.2, 0.25) is 5.02 Å². The SMILES string of the molecule is COC(=O)C(C)(C)[C@@H](N)c1cc(Cl)ccc1F. The third kappa shape index (κ3) is 2.76. The van der Waals surface area contributed by atoms with Gasteiger partial charge < -0.3 is 10.5 Å². The van der Waals surface area contributed by atoms with Crippen LogP contribution in [0.4, 0.5) is 4.39 Å². The van der Waals surface area contributed by atoms with E-state index in [-0.39, 0.29) is 5.56 Å². The summed E-state index contributed by atoms with van der Waals surface area (Å²) in [5.74, 6) is -0.983. The van der Waals surface area contributed by atoms with Crippen LogP contribution in [-0.2, 0) is 9.53 Å². The van der Waals surface area contributed by atoms with Crippen molar-refractivity contribution in [1.82, 2.24) is 0 Å². The molecule has 0 spiro atoms. The van der Waals surface area contributed by atoms with E-state index in [0.717, 1.165) is 0 Å². The summed E-state index contributed by atoms with van der Waals surface area (Å²) >= 11 is 5.79. The standard InChI is InChI=1S/C12H15ClFNO2/c1-12(2,11(16)17-3)10(15)8-6-7(13)4-5-9(8)14/h4-6,10H,15H2,1-3H3/t10-/m0/s1. The van der Waals surface area contributed by atoms with Crippen molar-refractivity contribution in [3.05, 3.63) is 34.6 Å². The molecule has 0 saturated carbocycles. The Morgan fingerprint density at radius 2 is 2.12 bits per heavy atom. The van der Waals surface area contributed by atoms with Crippen molar-refractivity contribution in [2.24, 2.45) is 11.1 Å². The molecule has 0 aliphatic carbocycles. The van der Waals surface area contributed by atoms with E-state index in [0.29, 0.717) is 5.02 Å². The van der Waals surface area contributed by atoms with Crippen LogP contribution in [-0.4, -0.2) is 13.1 Å². The zero-order valence-corrected chi connectivity index (χ0v) is 10.7. The van der Waals surface area contributed by atoms with Crippen LogP contribution in [0.15, 0.2) is 18.2 Å². The van der Waals surface area contributed by atoms with Crippen molar-refractivity contribution in [3.8, 4) is 0 Å². The predicted molar refractivity (Wildman–Crippen MR) is 64.1 cm³/mol. The molecule has 3 nitrogen and oxygen atoms in total. The highest BCUT2D eigenvalue weighted by molar-refractivity contribution is 6.30. The normalized spacial score (nSPS) is 13.3. The Morgan fingerprint density at radius 1 is 1.53 bits per heavy atom. The predicted octanol–water partition coefficient (Wildman–Crippen LogP) is 2.68. The Bertz CT molecular complexity index is 435. The Balaban J connectivity index is 3.15. The zero-order chi connectivity index (χ0) is 13.2. The molecule has 17 heavy (non-hydrogen) atoms. The smallest absolute Gasteiger partial charge is 0.313 e. The highest BCUT2D eigenvalue weighted by Crippen LogP contribution is 2.34. The van der Waals surface area contributed by atoms with Crippen molar-refractivity contribution in [2.45, 2.75) is 19.9 Å². The average molecular weight is 260 g/mol. The molecule has 0 amide bonds. The van der Waals surface area contributed by atoms with Crippen molar-refractivity contribution >= 4 is 17.6 Å². The van der Waals surface area contributed by atoms with Crippen molar-refractivity contribution in [3.63, 3.8) is 0 Å². The van der Waals surface area contributed by atoms with E-state index in [4.69, 9.17) is 17.3 Å². The number of methoxy groups -OCH3 is 1. The summed E-state index contributed by atoms with van der Waals surface area (Å²) in [4.78, 5) is 11.6. The largest absolute Gasteiger partial charge is 0.469 e.